The number of nitrogens with one attached hydrogen (secondary N) is 5. The van der Waals surface area contributed by atoms with Crippen LogP contribution in [0.4, 0.5) is 21.0 Å². The maximum Gasteiger partial charge on any atom is 0.408 e. The van der Waals surface area contributed by atoms with E-state index >= 15 is 0 Å². The molecule has 68 heavy (non-hydrogen) atoms. The van der Waals surface area contributed by atoms with E-state index in [0.717, 1.165) is 38.9 Å². The number of hydrogen-bond acceptors (Lipinski definition) is 7. The van der Waals surface area contributed by atoms with Gasteiger partial charge >= 0.3 is 12.2 Å². The molecule has 5 aromatic carbocycles. The van der Waals surface area contributed by atoms with Crippen molar-refractivity contribution in [2.45, 2.75) is 83.1 Å². The topological polar surface area (TPSA) is 202 Å². The van der Waals surface area contributed by atoms with Gasteiger partial charge in [0.2, 0.25) is 11.8 Å². The third kappa shape index (κ3) is 10.5. The maximum absolute atomic E-state index is 14.2. The van der Waals surface area contributed by atoms with Crippen molar-refractivity contribution in [2.75, 3.05) is 23.7 Å². The maximum atomic E-state index is 14.2. The van der Waals surface area contributed by atoms with Crippen LogP contribution in [0, 0.1) is 6.92 Å². The molecule has 6 aromatic rings. The average Bonchev–Trinajstić information content (AvgIpc) is 4.10. The van der Waals surface area contributed by atoms with Gasteiger partial charge in [-0.05, 0) is 106 Å². The van der Waals surface area contributed by atoms with Gasteiger partial charge in [0.1, 0.15) is 29.8 Å². The summed E-state index contributed by atoms with van der Waals surface area (Å²) in [5.74, 6) is -1.61. The van der Waals surface area contributed by atoms with Crippen LogP contribution in [0.5, 0.6) is 0 Å². The number of carbonyl (C=O) groups is 6. The summed E-state index contributed by atoms with van der Waals surface area (Å²) in [6.07, 6.45) is 0.00134. The zero-order chi connectivity index (χ0) is 48.1. The highest BCUT2D eigenvalue weighted by Gasteiger charge is 2.40. The normalized spacial score (nSPS) is 16.7. The van der Waals surface area contributed by atoms with Crippen LogP contribution in [-0.2, 0) is 23.9 Å². The Morgan fingerprint density at radius 1 is 0.647 bits per heavy atom. The molecule has 15 heteroatoms. The van der Waals surface area contributed by atoms with Crippen LogP contribution in [0.1, 0.15) is 75.2 Å². The number of hydrogen-bond donors (Lipinski definition) is 6. The largest absolute Gasteiger partial charge is 0.465 e. The van der Waals surface area contributed by atoms with E-state index in [2.05, 4.69) is 32.3 Å². The Kier molecular flexibility index (Phi) is 13.6. The van der Waals surface area contributed by atoms with Crippen LogP contribution >= 0.6 is 0 Å². The number of ether oxygens (including phenoxy) is 1. The Hall–Kier alpha value is -7.94. The summed E-state index contributed by atoms with van der Waals surface area (Å²) in [6, 6.07) is 34.8. The van der Waals surface area contributed by atoms with E-state index < -0.39 is 53.8 Å². The number of fused-ring (bicyclic) bond motifs is 1. The lowest BCUT2D eigenvalue weighted by Gasteiger charge is -2.29. The molecule has 2 aliphatic rings. The zero-order valence-corrected chi connectivity index (χ0v) is 38.4. The van der Waals surface area contributed by atoms with Crippen molar-refractivity contribution >= 4 is 58.1 Å². The van der Waals surface area contributed by atoms with Crippen molar-refractivity contribution in [1.29, 1.82) is 0 Å². The van der Waals surface area contributed by atoms with E-state index in [1.54, 1.807) is 87.5 Å². The summed E-state index contributed by atoms with van der Waals surface area (Å²) < 4.78 is 5.50. The van der Waals surface area contributed by atoms with Crippen LogP contribution in [0.3, 0.4) is 0 Å². The molecule has 0 spiro atoms. The predicted octanol–water partition coefficient (Wildman–Crippen LogP) is 8.94. The molecule has 6 N–H and O–H groups in total. The molecule has 350 valence electrons. The molecule has 8 rings (SSSR count). The van der Waals surface area contributed by atoms with Gasteiger partial charge in [-0.1, -0.05) is 103 Å². The zero-order valence-electron chi connectivity index (χ0n) is 38.4. The minimum atomic E-state index is -1.34. The first kappa shape index (κ1) is 46.6. The molecule has 2 fully saturated rings. The van der Waals surface area contributed by atoms with E-state index in [9.17, 15) is 33.9 Å². The summed E-state index contributed by atoms with van der Waals surface area (Å²) >= 11 is 0. The second kappa shape index (κ2) is 19.9. The quantitative estimate of drug-likeness (QED) is 0.0698. The minimum absolute atomic E-state index is 0.316. The van der Waals surface area contributed by atoms with Crippen LogP contribution in [0.25, 0.3) is 33.3 Å². The number of benzene rings is 5. The lowest BCUT2D eigenvalue weighted by molar-refractivity contribution is -0.138. The van der Waals surface area contributed by atoms with Crippen molar-refractivity contribution in [3.8, 4) is 22.4 Å². The van der Waals surface area contributed by atoms with Crippen LogP contribution in [-0.4, -0.2) is 86.5 Å². The lowest BCUT2D eigenvalue weighted by atomic mass is 9.97. The number of nitrogens with zero attached hydrogens (tertiary/aromatic N) is 2. The van der Waals surface area contributed by atoms with Gasteiger partial charge in [-0.15, -0.1) is 0 Å². The van der Waals surface area contributed by atoms with Gasteiger partial charge in [0.25, 0.3) is 11.8 Å². The average molecular weight is 918 g/mol. The smallest absolute Gasteiger partial charge is 0.408 e. The van der Waals surface area contributed by atoms with Gasteiger partial charge in [-0.2, -0.15) is 0 Å². The van der Waals surface area contributed by atoms with Gasteiger partial charge < -0.3 is 45.9 Å². The third-order valence-electron chi connectivity index (χ3n) is 12.2. The van der Waals surface area contributed by atoms with E-state index in [1.165, 1.54) is 9.80 Å². The van der Waals surface area contributed by atoms with Gasteiger partial charge in [-0.3, -0.25) is 19.2 Å². The highest BCUT2D eigenvalue weighted by atomic mass is 16.6. The summed E-state index contributed by atoms with van der Waals surface area (Å²) in [5, 5.41) is 21.5. The van der Waals surface area contributed by atoms with E-state index in [-0.39, 0.29) is 11.8 Å². The number of amides is 6. The SMILES string of the molecule is Cc1cccc(-c2c(-c3ccc(NC(=O)[C@@H]4CCCN4C(=O)[C@H](NC(=O)O)c4ccccc4)cc3)[nH]c3ccc(NC(=O)[C@@H]4CCCN4C(=O)[C@H](NC(=O)OC(C)(C)C)c4ccccc4)cc23)c1. The number of aromatic amines is 1. The molecule has 1 aromatic heterocycles. The van der Waals surface area contributed by atoms with Gasteiger partial charge in [-0.25, -0.2) is 9.59 Å². The van der Waals surface area contributed by atoms with Crippen molar-refractivity contribution in [2.24, 2.45) is 0 Å². The number of likely N-dealkylation sites (tertiary alicyclic amines) is 2. The molecule has 4 atom stereocenters. The second-order valence-corrected chi connectivity index (χ2v) is 18.2. The predicted molar refractivity (Wildman–Crippen MR) is 260 cm³/mol. The number of alkyl carbamates (subject to hydrolysis) is 1. The lowest BCUT2D eigenvalue weighted by Crippen LogP contribution is -2.49. The number of carboxylic acid groups (broad SMARTS) is 1. The summed E-state index contributed by atoms with van der Waals surface area (Å²) in [5.41, 5.74) is 6.70. The molecular weight excluding hydrogens is 863 g/mol. The number of aryl methyl sites for hydroxylation is 1. The first-order chi connectivity index (χ1) is 32.6. The fourth-order valence-electron chi connectivity index (χ4n) is 9.11. The molecule has 0 unspecified atom stereocenters. The monoisotopic (exact) mass is 917 g/mol. The molecule has 6 amide bonds. The minimum Gasteiger partial charge on any atom is -0.465 e. The van der Waals surface area contributed by atoms with Crippen LogP contribution in [0.15, 0.2) is 127 Å². The Balaban J connectivity index is 1.02. The number of H-pyrrole nitrogens is 1. The highest BCUT2D eigenvalue weighted by Crippen LogP contribution is 2.40. The molecule has 2 saturated heterocycles. The molecule has 0 aliphatic carbocycles. The van der Waals surface area contributed by atoms with Crippen molar-refractivity contribution in [1.82, 2.24) is 25.4 Å². The van der Waals surface area contributed by atoms with E-state index in [1.807, 2.05) is 61.5 Å². The van der Waals surface area contributed by atoms with E-state index in [4.69, 9.17) is 4.74 Å². The summed E-state index contributed by atoms with van der Waals surface area (Å²) in [7, 11) is 0. The number of rotatable bonds is 12. The number of carbonyl (C=O) groups excluding carboxylic acids is 5. The van der Waals surface area contributed by atoms with Crippen molar-refractivity contribution in [3.05, 3.63) is 144 Å². The molecular formula is C53H55N7O8. The van der Waals surface area contributed by atoms with Gasteiger partial charge in [0, 0.05) is 40.9 Å². The van der Waals surface area contributed by atoms with E-state index in [0.29, 0.717) is 61.3 Å². The molecule has 0 saturated carbocycles. The molecule has 0 radical (unpaired) electrons. The Morgan fingerprint density at radius 2 is 1.19 bits per heavy atom. The summed E-state index contributed by atoms with van der Waals surface area (Å²) in [6.45, 7) is 7.92. The van der Waals surface area contributed by atoms with Gasteiger partial charge in [0.05, 0.1) is 5.69 Å². The van der Waals surface area contributed by atoms with Crippen LogP contribution < -0.4 is 21.3 Å². The molecule has 0 bridgehead atoms. The van der Waals surface area contributed by atoms with Crippen LogP contribution in [0.2, 0.25) is 0 Å². The Morgan fingerprint density at radius 3 is 1.74 bits per heavy atom. The summed E-state index contributed by atoms with van der Waals surface area (Å²) in [4.78, 5) is 87.1. The third-order valence-corrected chi connectivity index (χ3v) is 12.2. The number of aromatic nitrogens is 1. The number of anilines is 2. The first-order valence-electron chi connectivity index (χ1n) is 22.8. The Labute approximate surface area is 394 Å². The van der Waals surface area contributed by atoms with Crippen molar-refractivity contribution in [3.63, 3.8) is 0 Å². The first-order valence-corrected chi connectivity index (χ1v) is 22.8. The van der Waals surface area contributed by atoms with Crippen molar-refractivity contribution < 1.29 is 38.6 Å². The molecule has 2 aliphatic heterocycles. The highest BCUT2D eigenvalue weighted by molar-refractivity contribution is 6.07. The fraction of sp³-hybridized carbons (Fsp3) is 0.283. The standard InChI is InChI=1S/C53H55N7O8/c1-32-14-11-19-36(30-32)43-39-31-38(55-48(62)42-21-13-29-60(42)50(64)46(34-17-9-6-10-18-34)58-52(67)68-53(2,3)4)26-27-40(39)56-44(43)35-22-24-37(25-23-35)54-47(61)41-20-12-28-59(41)49(63)45(57-51(65)66)33-15-7-5-8-16-33/h5-11,14-19,22-27,30-31,41-42,45-46,56-57H,12-13,20-21,28-29H2,1-4H3,(H,54,61)(H,55,62)(H,58,67)(H,65,66)/t41-,42-,45+,46+/m0/s1. The molecule has 3 heterocycles. The Bertz CT molecular complexity index is 2840. The second-order valence-electron chi connectivity index (χ2n) is 18.2. The fourth-order valence-corrected chi connectivity index (χ4v) is 9.11. The molecule has 15 nitrogen and oxygen atoms in total. The van der Waals surface area contributed by atoms with Gasteiger partial charge in [0.15, 0.2) is 0 Å².